The minimum Gasteiger partial charge on any atom is -0.356 e. The Morgan fingerprint density at radius 1 is 1.67 bits per heavy atom. The van der Waals surface area contributed by atoms with Crippen molar-refractivity contribution in [1.29, 1.82) is 0 Å². The van der Waals surface area contributed by atoms with Crippen molar-refractivity contribution in [2.75, 3.05) is 20.6 Å². The molecule has 3 nitrogen and oxygen atoms in total. The van der Waals surface area contributed by atoms with E-state index >= 15 is 0 Å². The zero-order valence-corrected chi connectivity index (χ0v) is 8.13. The van der Waals surface area contributed by atoms with Gasteiger partial charge in [-0.1, -0.05) is 6.08 Å². The van der Waals surface area contributed by atoms with Gasteiger partial charge in [0.25, 0.3) is 0 Å². The highest BCUT2D eigenvalue weighted by atomic mass is 16.1. The summed E-state index contributed by atoms with van der Waals surface area (Å²) in [6.07, 6.45) is 2.80. The molecule has 0 aromatic carbocycles. The molecule has 0 fully saturated rings. The van der Waals surface area contributed by atoms with Crippen LogP contribution in [0, 0.1) is 0 Å². The highest BCUT2D eigenvalue weighted by Crippen LogP contribution is 1.98. The number of carbonyl (C=O) groups excluding carboxylic acids is 1. The molecule has 0 saturated carbocycles. The molecule has 0 aliphatic carbocycles. The van der Waals surface area contributed by atoms with E-state index in [0.29, 0.717) is 12.6 Å². The van der Waals surface area contributed by atoms with E-state index in [4.69, 9.17) is 0 Å². The summed E-state index contributed by atoms with van der Waals surface area (Å²) < 4.78 is 0. The standard InChI is InChI=1S/C9H18N2O/c1-5-9(11(3)4)6-7-10-8(2)12/h5,9H,1,6-7H2,2-4H3,(H,10,12). The second-order valence-electron chi connectivity index (χ2n) is 3.04. The van der Waals surface area contributed by atoms with E-state index in [1.165, 1.54) is 6.92 Å². The van der Waals surface area contributed by atoms with Gasteiger partial charge in [-0.05, 0) is 20.5 Å². The predicted octanol–water partition coefficient (Wildman–Crippen LogP) is 0.629. The summed E-state index contributed by atoms with van der Waals surface area (Å²) in [6, 6.07) is 0.344. The molecule has 0 aliphatic heterocycles. The highest BCUT2D eigenvalue weighted by Gasteiger charge is 2.05. The Kier molecular flexibility index (Phi) is 5.37. The molecule has 0 aliphatic rings. The van der Waals surface area contributed by atoms with Crippen molar-refractivity contribution in [2.24, 2.45) is 0 Å². The molecule has 0 heterocycles. The van der Waals surface area contributed by atoms with Gasteiger partial charge in [0.05, 0.1) is 0 Å². The van der Waals surface area contributed by atoms with Crippen molar-refractivity contribution in [2.45, 2.75) is 19.4 Å². The van der Waals surface area contributed by atoms with Crippen molar-refractivity contribution in [3.8, 4) is 0 Å². The largest absolute Gasteiger partial charge is 0.356 e. The van der Waals surface area contributed by atoms with Gasteiger partial charge in [-0.3, -0.25) is 4.79 Å². The molecular formula is C9H18N2O. The van der Waals surface area contributed by atoms with Crippen LogP contribution in [-0.4, -0.2) is 37.5 Å². The average molecular weight is 170 g/mol. The lowest BCUT2D eigenvalue weighted by Gasteiger charge is -2.20. The maximum absolute atomic E-state index is 10.5. The van der Waals surface area contributed by atoms with Crippen molar-refractivity contribution in [1.82, 2.24) is 10.2 Å². The Morgan fingerprint density at radius 3 is 2.58 bits per heavy atom. The van der Waals surface area contributed by atoms with Crippen molar-refractivity contribution in [3.63, 3.8) is 0 Å². The van der Waals surface area contributed by atoms with Crippen LogP contribution in [0.1, 0.15) is 13.3 Å². The molecule has 0 aromatic rings. The van der Waals surface area contributed by atoms with Crippen LogP contribution >= 0.6 is 0 Å². The molecule has 0 aromatic heterocycles. The summed E-state index contributed by atoms with van der Waals surface area (Å²) in [4.78, 5) is 12.6. The Bertz CT molecular complexity index is 155. The van der Waals surface area contributed by atoms with Gasteiger partial charge in [-0.2, -0.15) is 0 Å². The van der Waals surface area contributed by atoms with Gasteiger partial charge in [0.2, 0.25) is 5.91 Å². The van der Waals surface area contributed by atoms with E-state index in [9.17, 15) is 4.79 Å². The summed E-state index contributed by atoms with van der Waals surface area (Å²) in [5.41, 5.74) is 0. The zero-order chi connectivity index (χ0) is 9.56. The van der Waals surface area contributed by atoms with Crippen LogP contribution in [0.3, 0.4) is 0 Å². The molecule has 1 atom stereocenters. The summed E-state index contributed by atoms with van der Waals surface area (Å²) in [6.45, 7) is 5.96. The van der Waals surface area contributed by atoms with Gasteiger partial charge in [0.1, 0.15) is 0 Å². The Morgan fingerprint density at radius 2 is 2.25 bits per heavy atom. The fraction of sp³-hybridized carbons (Fsp3) is 0.667. The third-order valence-corrected chi connectivity index (χ3v) is 1.75. The normalized spacial score (nSPS) is 12.7. The molecule has 0 spiro atoms. The quantitative estimate of drug-likeness (QED) is 0.614. The number of carbonyl (C=O) groups is 1. The van der Waals surface area contributed by atoms with Gasteiger partial charge in [-0.25, -0.2) is 0 Å². The highest BCUT2D eigenvalue weighted by molar-refractivity contribution is 5.72. The monoisotopic (exact) mass is 170 g/mol. The minimum atomic E-state index is 0.0246. The lowest BCUT2D eigenvalue weighted by molar-refractivity contribution is -0.118. The molecule has 70 valence electrons. The first-order valence-corrected chi connectivity index (χ1v) is 4.11. The number of nitrogens with one attached hydrogen (secondary N) is 1. The Hall–Kier alpha value is -0.830. The van der Waals surface area contributed by atoms with Gasteiger partial charge < -0.3 is 10.2 Å². The number of nitrogens with zero attached hydrogens (tertiary/aromatic N) is 1. The van der Waals surface area contributed by atoms with Gasteiger partial charge in [0, 0.05) is 19.5 Å². The molecule has 12 heavy (non-hydrogen) atoms. The summed E-state index contributed by atoms with van der Waals surface area (Å²) in [7, 11) is 4.00. The molecule has 0 bridgehead atoms. The number of amides is 1. The van der Waals surface area contributed by atoms with E-state index in [0.717, 1.165) is 6.42 Å². The molecule has 0 radical (unpaired) electrons. The van der Waals surface area contributed by atoms with Gasteiger partial charge in [-0.15, -0.1) is 6.58 Å². The predicted molar refractivity (Wildman–Crippen MR) is 51.0 cm³/mol. The lowest BCUT2D eigenvalue weighted by atomic mass is 10.2. The third-order valence-electron chi connectivity index (χ3n) is 1.75. The molecule has 1 N–H and O–H groups in total. The molecule has 0 saturated heterocycles. The zero-order valence-electron chi connectivity index (χ0n) is 8.13. The summed E-state index contributed by atoms with van der Waals surface area (Å²) >= 11 is 0. The summed E-state index contributed by atoms with van der Waals surface area (Å²) in [5, 5.41) is 2.75. The van der Waals surface area contributed by atoms with Crippen LogP contribution in [0.25, 0.3) is 0 Å². The van der Waals surface area contributed by atoms with Gasteiger partial charge >= 0.3 is 0 Å². The fourth-order valence-corrected chi connectivity index (χ4v) is 0.983. The van der Waals surface area contributed by atoms with E-state index in [2.05, 4.69) is 16.8 Å². The topological polar surface area (TPSA) is 32.3 Å². The molecular weight excluding hydrogens is 152 g/mol. The first-order valence-electron chi connectivity index (χ1n) is 4.11. The number of likely N-dealkylation sites (N-methyl/N-ethyl adjacent to an activating group) is 1. The smallest absolute Gasteiger partial charge is 0.216 e. The SMILES string of the molecule is C=CC(CCNC(C)=O)N(C)C. The Balaban J connectivity index is 3.58. The van der Waals surface area contributed by atoms with Gasteiger partial charge in [0.15, 0.2) is 0 Å². The minimum absolute atomic E-state index is 0.0246. The van der Waals surface area contributed by atoms with E-state index in [-0.39, 0.29) is 5.91 Å². The molecule has 0 rings (SSSR count). The lowest BCUT2D eigenvalue weighted by Crippen LogP contribution is -2.31. The van der Waals surface area contributed by atoms with Crippen LogP contribution in [0.15, 0.2) is 12.7 Å². The number of hydrogen-bond acceptors (Lipinski definition) is 2. The molecule has 3 heteroatoms. The first kappa shape index (κ1) is 11.2. The van der Waals surface area contributed by atoms with Crippen LogP contribution in [0.5, 0.6) is 0 Å². The average Bonchev–Trinajstić information content (AvgIpc) is 1.96. The van der Waals surface area contributed by atoms with Crippen molar-refractivity contribution in [3.05, 3.63) is 12.7 Å². The maximum atomic E-state index is 10.5. The van der Waals surface area contributed by atoms with E-state index in [1.807, 2.05) is 20.2 Å². The second-order valence-corrected chi connectivity index (χ2v) is 3.04. The van der Waals surface area contributed by atoms with E-state index in [1.54, 1.807) is 0 Å². The van der Waals surface area contributed by atoms with Crippen LogP contribution < -0.4 is 5.32 Å². The maximum Gasteiger partial charge on any atom is 0.216 e. The first-order chi connectivity index (χ1) is 5.57. The van der Waals surface area contributed by atoms with E-state index < -0.39 is 0 Å². The number of hydrogen-bond donors (Lipinski definition) is 1. The second kappa shape index (κ2) is 5.77. The van der Waals surface area contributed by atoms with Crippen LogP contribution in [0.4, 0.5) is 0 Å². The van der Waals surface area contributed by atoms with Crippen molar-refractivity contribution >= 4 is 5.91 Å². The van der Waals surface area contributed by atoms with Crippen molar-refractivity contribution < 1.29 is 4.79 Å². The van der Waals surface area contributed by atoms with Crippen LogP contribution in [0.2, 0.25) is 0 Å². The third kappa shape index (κ3) is 4.91. The number of rotatable bonds is 5. The summed E-state index contributed by atoms with van der Waals surface area (Å²) in [5.74, 6) is 0.0246. The Labute approximate surface area is 74.4 Å². The van der Waals surface area contributed by atoms with Crippen LogP contribution in [-0.2, 0) is 4.79 Å². The molecule has 1 amide bonds. The fourth-order valence-electron chi connectivity index (χ4n) is 0.983. The molecule has 1 unspecified atom stereocenters.